The molecule has 320 valence electrons. The number of carbonyl (C=O) groups is 4. The van der Waals surface area contributed by atoms with E-state index in [9.17, 15) is 24.6 Å². The Morgan fingerprint density at radius 1 is 1.00 bits per heavy atom. The fourth-order valence-electron chi connectivity index (χ4n) is 13.8. The number of anilines is 1. The van der Waals surface area contributed by atoms with Gasteiger partial charge in [-0.05, 0) is 55.0 Å². The Hall–Kier alpha value is -4.76. The van der Waals surface area contributed by atoms with Crippen LogP contribution in [0.15, 0.2) is 48.6 Å². The number of nitrogens with one attached hydrogen (secondary N) is 3. The Labute approximate surface area is 349 Å². The highest BCUT2D eigenvalue weighted by molar-refractivity contribution is 5.96. The van der Waals surface area contributed by atoms with Crippen LogP contribution in [-0.2, 0) is 50.6 Å². The van der Waals surface area contributed by atoms with Crippen LogP contribution in [0.1, 0.15) is 75.3 Å². The van der Waals surface area contributed by atoms with Crippen molar-refractivity contribution in [3.8, 4) is 5.75 Å². The molecule has 3 aromatic rings. The molecular weight excluding hydrogens is 769 g/mol. The second-order valence-electron chi connectivity index (χ2n) is 18.4. The second-order valence-corrected chi connectivity index (χ2v) is 18.4. The quantitative estimate of drug-likeness (QED) is 0.0942. The highest BCUT2D eigenvalue weighted by atomic mass is 16.6. The van der Waals surface area contributed by atoms with E-state index >= 15 is 4.79 Å². The molecule has 14 heteroatoms. The van der Waals surface area contributed by atoms with Crippen LogP contribution in [-0.4, -0.2) is 123 Å². The number of aromatic amines is 1. The number of fused-ring (bicyclic) bond motifs is 6. The van der Waals surface area contributed by atoms with Crippen LogP contribution in [0.4, 0.5) is 5.69 Å². The molecule has 60 heavy (non-hydrogen) atoms. The van der Waals surface area contributed by atoms with E-state index in [1.165, 1.54) is 43.0 Å². The van der Waals surface area contributed by atoms with Crippen LogP contribution < -0.4 is 19.4 Å². The number of hydrogen-bond donors (Lipinski definition) is 5. The molecule has 6 aliphatic rings. The number of carbonyl (C=O) groups excluding carboxylic acids is 4. The van der Waals surface area contributed by atoms with Crippen LogP contribution in [0.5, 0.6) is 5.75 Å². The Bertz CT molecular complexity index is 2310. The number of H-pyrrole nitrogens is 1. The van der Waals surface area contributed by atoms with E-state index in [1.807, 2.05) is 50.3 Å². The number of aliphatic hydroxyl groups is 2. The van der Waals surface area contributed by atoms with Crippen molar-refractivity contribution in [1.82, 2.24) is 4.98 Å². The van der Waals surface area contributed by atoms with Crippen LogP contribution in [0, 0.1) is 11.3 Å². The summed E-state index contributed by atoms with van der Waals surface area (Å²) in [5, 5.41) is 26.3. The predicted octanol–water partition coefficient (Wildman–Crippen LogP) is 0.683. The SMILES string of the molecule is CC[C@]1(O)CC2C[NH+](CCc3c([nH]c4ccccc34)[C@@](C(=O)OC)(c3cc4c(cc3OC)N(C=O)C3C45CC[NH+]4CC=C[C@@](CC)(C(OC(C)=O)[C@]3(O)C(=O)OC)[C@H]45)C2)C1. The third kappa shape index (κ3) is 5.19. The first-order chi connectivity index (χ1) is 28.8. The Kier molecular flexibility index (Phi) is 9.58. The summed E-state index contributed by atoms with van der Waals surface area (Å²) in [7, 11) is 4.11. The molecular formula is C46H58N4O10+2. The maximum atomic E-state index is 15.3. The van der Waals surface area contributed by atoms with Gasteiger partial charge in [-0.25, -0.2) is 4.79 Å². The molecule has 5 N–H and O–H groups in total. The molecule has 3 fully saturated rings. The second kappa shape index (κ2) is 14.1. The molecule has 5 aliphatic heterocycles. The summed E-state index contributed by atoms with van der Waals surface area (Å²) in [6, 6.07) is 10.2. The maximum absolute atomic E-state index is 15.3. The largest absolute Gasteiger partial charge is 0.496 e. The number of hydrogen-bond acceptors (Lipinski definition) is 10. The number of nitrogens with zero attached hydrogens (tertiary/aromatic N) is 1. The van der Waals surface area contributed by atoms with Gasteiger partial charge in [0, 0.05) is 53.9 Å². The topological polar surface area (TPSA) is 174 Å². The summed E-state index contributed by atoms with van der Waals surface area (Å²) in [6.45, 7) is 8.63. The molecule has 1 saturated carbocycles. The molecule has 2 saturated heterocycles. The Morgan fingerprint density at radius 2 is 1.77 bits per heavy atom. The summed E-state index contributed by atoms with van der Waals surface area (Å²) in [5.41, 5.74) is -2.88. The van der Waals surface area contributed by atoms with Gasteiger partial charge in [0.25, 0.3) is 0 Å². The Morgan fingerprint density at radius 3 is 2.45 bits per heavy atom. The van der Waals surface area contributed by atoms with Gasteiger partial charge in [0.05, 0.1) is 70.1 Å². The number of amides is 1. The molecule has 1 amide bonds. The fraction of sp³-hybridized carbons (Fsp3) is 0.565. The van der Waals surface area contributed by atoms with Gasteiger partial charge in [-0.2, -0.15) is 0 Å². The number of para-hydroxylation sites is 1. The number of esters is 3. The van der Waals surface area contributed by atoms with Crippen molar-refractivity contribution in [1.29, 1.82) is 0 Å². The number of aromatic nitrogens is 1. The standard InChI is InChI=1S/C46H56N4O10/c1-7-42(55)22-28-23-45(40(53)58-5,36-30(14-18-48(24-28)25-42)29-12-9-10-13-33(29)47-36)32-20-31-34(21-35(32)57-4)50(26-51)38-44(31)16-19-49-17-11-15-43(8-2,37(44)49)39(60-27(3)52)46(38,56)41(54)59-6/h9-13,15,20-21,26,28,37-39,47,55-56H,7-8,14,16-19,22-25H2,1-6H3/p+2/t28?,37-,38?,39?,42-,43+,44?,45-,46-/m0/s1. The molecule has 0 radical (unpaired) electrons. The number of ether oxygens (including phenoxy) is 4. The summed E-state index contributed by atoms with van der Waals surface area (Å²) >= 11 is 0. The van der Waals surface area contributed by atoms with Crippen molar-refractivity contribution in [2.24, 2.45) is 11.3 Å². The van der Waals surface area contributed by atoms with Crippen molar-refractivity contribution in [3.05, 3.63) is 70.9 Å². The minimum atomic E-state index is -2.52. The van der Waals surface area contributed by atoms with Crippen molar-refractivity contribution in [2.45, 2.75) is 99.5 Å². The van der Waals surface area contributed by atoms with Gasteiger partial charge in [0.15, 0.2) is 6.10 Å². The maximum Gasteiger partial charge on any atom is 0.344 e. The van der Waals surface area contributed by atoms with Crippen LogP contribution >= 0.6 is 0 Å². The molecule has 11 atom stereocenters. The van der Waals surface area contributed by atoms with Crippen LogP contribution in [0.25, 0.3) is 10.9 Å². The zero-order valence-electron chi connectivity index (χ0n) is 35.4. The zero-order chi connectivity index (χ0) is 42.6. The number of methoxy groups -OCH3 is 3. The lowest BCUT2D eigenvalue weighted by Gasteiger charge is -2.61. The minimum Gasteiger partial charge on any atom is -0.496 e. The zero-order valence-corrected chi connectivity index (χ0v) is 35.4. The van der Waals surface area contributed by atoms with E-state index < -0.39 is 57.5 Å². The highest BCUT2D eigenvalue weighted by Gasteiger charge is 2.83. The van der Waals surface area contributed by atoms with Gasteiger partial charge in [-0.1, -0.05) is 38.1 Å². The summed E-state index contributed by atoms with van der Waals surface area (Å²) in [4.78, 5) is 64.1. The first-order valence-electron chi connectivity index (χ1n) is 21.5. The van der Waals surface area contributed by atoms with Crippen molar-refractivity contribution in [3.63, 3.8) is 0 Å². The van der Waals surface area contributed by atoms with E-state index in [2.05, 4.69) is 11.1 Å². The molecule has 2 bridgehead atoms. The normalized spacial score (nSPS) is 37.4. The predicted molar refractivity (Wildman–Crippen MR) is 219 cm³/mol. The van der Waals surface area contributed by atoms with Crippen LogP contribution in [0.2, 0.25) is 0 Å². The molecule has 2 aromatic carbocycles. The van der Waals surface area contributed by atoms with Gasteiger partial charge < -0.3 is 48.8 Å². The Balaban J connectivity index is 1.38. The molecule has 1 spiro atoms. The third-order valence-corrected chi connectivity index (χ3v) is 15.9. The molecule has 9 rings (SSSR count). The van der Waals surface area contributed by atoms with Gasteiger partial charge in [0.2, 0.25) is 12.0 Å². The lowest BCUT2D eigenvalue weighted by atomic mass is 9.47. The lowest BCUT2D eigenvalue weighted by molar-refractivity contribution is -0.920. The number of quaternary nitrogens is 2. The van der Waals surface area contributed by atoms with Crippen molar-refractivity contribution >= 4 is 40.9 Å². The minimum absolute atomic E-state index is 0.114. The highest BCUT2D eigenvalue weighted by Crippen LogP contribution is 2.65. The number of rotatable bonds is 8. The van der Waals surface area contributed by atoms with Gasteiger partial charge in [-0.3, -0.25) is 14.4 Å². The van der Waals surface area contributed by atoms with Gasteiger partial charge in [-0.15, -0.1) is 0 Å². The first kappa shape index (κ1) is 40.6. The van der Waals surface area contributed by atoms with E-state index in [4.69, 9.17) is 18.9 Å². The van der Waals surface area contributed by atoms with E-state index in [0.717, 1.165) is 29.6 Å². The lowest BCUT2D eigenvalue weighted by Crippen LogP contribution is -3.18. The summed E-state index contributed by atoms with van der Waals surface area (Å²) in [6.07, 6.45) is 6.11. The molecule has 6 heterocycles. The van der Waals surface area contributed by atoms with E-state index in [0.29, 0.717) is 86.4 Å². The molecule has 1 aromatic heterocycles. The van der Waals surface area contributed by atoms with E-state index in [-0.39, 0.29) is 18.4 Å². The van der Waals surface area contributed by atoms with Gasteiger partial charge >= 0.3 is 17.9 Å². The molecule has 6 unspecified atom stereocenters. The van der Waals surface area contributed by atoms with Crippen molar-refractivity contribution < 1.29 is 58.1 Å². The first-order valence-corrected chi connectivity index (χ1v) is 21.5. The summed E-state index contributed by atoms with van der Waals surface area (Å²) < 4.78 is 23.7. The molecule has 14 nitrogen and oxygen atoms in total. The van der Waals surface area contributed by atoms with Crippen LogP contribution in [0.3, 0.4) is 0 Å². The smallest absolute Gasteiger partial charge is 0.344 e. The fourth-order valence-corrected chi connectivity index (χ4v) is 13.8. The van der Waals surface area contributed by atoms with Crippen molar-refractivity contribution in [2.75, 3.05) is 59.0 Å². The average molecular weight is 827 g/mol. The summed E-state index contributed by atoms with van der Waals surface area (Å²) in [5.74, 6) is -1.97. The molecule has 1 aliphatic carbocycles. The number of piperidine rings is 1. The number of benzene rings is 2. The third-order valence-electron chi connectivity index (χ3n) is 15.9. The van der Waals surface area contributed by atoms with Gasteiger partial charge in [0.1, 0.15) is 29.4 Å². The average Bonchev–Trinajstić information content (AvgIpc) is 3.92. The monoisotopic (exact) mass is 826 g/mol. The van der Waals surface area contributed by atoms with E-state index in [1.54, 1.807) is 6.07 Å².